The maximum atomic E-state index is 13.4. The lowest BCUT2D eigenvalue weighted by Crippen LogP contribution is -2.05. The van der Waals surface area contributed by atoms with Gasteiger partial charge in [0, 0.05) is 23.9 Å². The molecule has 0 aliphatic carbocycles. The molecule has 0 unspecified atom stereocenters. The first-order valence-corrected chi connectivity index (χ1v) is 6.80. The first kappa shape index (κ1) is 15.1. The fourth-order valence-corrected chi connectivity index (χ4v) is 2.20. The number of pyridine rings is 1. The molecule has 0 aliphatic rings. The minimum Gasteiger partial charge on any atom is -0.432 e. The van der Waals surface area contributed by atoms with Crippen LogP contribution in [0.5, 0.6) is 5.75 Å². The summed E-state index contributed by atoms with van der Waals surface area (Å²) < 4.78 is 43.0. The normalized spacial score (nSPS) is 11.0. The SMILES string of the molecule is Fc1cccc(-c2nc(Cc3cn[nH]c3)ccc2OC(F)F)c1. The summed E-state index contributed by atoms with van der Waals surface area (Å²) in [4.78, 5) is 4.35. The number of halogens is 3. The molecule has 0 aliphatic heterocycles. The monoisotopic (exact) mass is 319 g/mol. The maximum absolute atomic E-state index is 13.4. The zero-order valence-electron chi connectivity index (χ0n) is 11.8. The van der Waals surface area contributed by atoms with E-state index < -0.39 is 12.4 Å². The summed E-state index contributed by atoms with van der Waals surface area (Å²) in [5.41, 5.74) is 2.07. The summed E-state index contributed by atoms with van der Waals surface area (Å²) in [6.45, 7) is -2.98. The predicted molar refractivity (Wildman–Crippen MR) is 77.7 cm³/mol. The molecule has 4 nitrogen and oxygen atoms in total. The average Bonchev–Trinajstić information content (AvgIpc) is 3.01. The Hall–Kier alpha value is -2.83. The van der Waals surface area contributed by atoms with Crippen molar-refractivity contribution in [3.63, 3.8) is 0 Å². The first-order valence-electron chi connectivity index (χ1n) is 6.80. The highest BCUT2D eigenvalue weighted by molar-refractivity contribution is 5.66. The number of H-pyrrole nitrogens is 1. The van der Waals surface area contributed by atoms with Gasteiger partial charge in [0.2, 0.25) is 0 Å². The van der Waals surface area contributed by atoms with Crippen molar-refractivity contribution in [2.24, 2.45) is 0 Å². The Morgan fingerprint density at radius 1 is 1.17 bits per heavy atom. The second kappa shape index (κ2) is 6.51. The second-order valence-corrected chi connectivity index (χ2v) is 4.82. The van der Waals surface area contributed by atoms with E-state index in [2.05, 4.69) is 19.9 Å². The molecule has 2 aromatic heterocycles. The van der Waals surface area contributed by atoms with Crippen LogP contribution in [-0.4, -0.2) is 21.8 Å². The molecule has 3 aromatic rings. The quantitative estimate of drug-likeness (QED) is 0.778. The topological polar surface area (TPSA) is 50.8 Å². The highest BCUT2D eigenvalue weighted by Gasteiger charge is 2.14. The number of hydrogen-bond acceptors (Lipinski definition) is 3. The van der Waals surface area contributed by atoms with Gasteiger partial charge in [-0.05, 0) is 29.8 Å². The third-order valence-electron chi connectivity index (χ3n) is 3.17. The lowest BCUT2D eigenvalue weighted by molar-refractivity contribution is -0.0496. The van der Waals surface area contributed by atoms with Gasteiger partial charge in [0.1, 0.15) is 11.5 Å². The van der Waals surface area contributed by atoms with Crippen LogP contribution in [0.4, 0.5) is 13.2 Å². The molecule has 0 amide bonds. The molecule has 0 atom stereocenters. The van der Waals surface area contributed by atoms with E-state index in [0.29, 0.717) is 17.7 Å². The molecule has 0 spiro atoms. The van der Waals surface area contributed by atoms with Crippen LogP contribution in [0.3, 0.4) is 0 Å². The van der Waals surface area contributed by atoms with E-state index in [4.69, 9.17) is 0 Å². The van der Waals surface area contributed by atoms with Crippen LogP contribution in [0.25, 0.3) is 11.3 Å². The van der Waals surface area contributed by atoms with Gasteiger partial charge in [-0.25, -0.2) is 9.37 Å². The van der Waals surface area contributed by atoms with Crippen molar-refractivity contribution in [3.8, 4) is 17.0 Å². The fourth-order valence-electron chi connectivity index (χ4n) is 2.20. The molecule has 0 saturated carbocycles. The fraction of sp³-hybridized carbons (Fsp3) is 0.125. The van der Waals surface area contributed by atoms with Gasteiger partial charge in [-0.15, -0.1) is 0 Å². The molecule has 0 saturated heterocycles. The van der Waals surface area contributed by atoms with Gasteiger partial charge in [0.05, 0.1) is 6.20 Å². The summed E-state index contributed by atoms with van der Waals surface area (Å²) in [5, 5.41) is 6.53. The minimum absolute atomic E-state index is 0.0958. The molecule has 0 fully saturated rings. The Morgan fingerprint density at radius 2 is 2.04 bits per heavy atom. The Bertz CT molecular complexity index is 791. The number of rotatable bonds is 5. The average molecular weight is 319 g/mol. The molecular formula is C16H12F3N3O. The molecule has 23 heavy (non-hydrogen) atoms. The van der Waals surface area contributed by atoms with E-state index in [1.807, 2.05) is 0 Å². The summed E-state index contributed by atoms with van der Waals surface area (Å²) in [6.07, 6.45) is 3.83. The number of alkyl halides is 2. The summed E-state index contributed by atoms with van der Waals surface area (Å²) in [5.74, 6) is -0.575. The number of nitrogens with zero attached hydrogens (tertiary/aromatic N) is 2. The third-order valence-corrected chi connectivity index (χ3v) is 3.17. The molecule has 0 radical (unpaired) electrons. The van der Waals surface area contributed by atoms with Crippen LogP contribution in [0, 0.1) is 5.82 Å². The van der Waals surface area contributed by atoms with E-state index in [1.54, 1.807) is 24.5 Å². The van der Waals surface area contributed by atoms with Crippen molar-refractivity contribution in [3.05, 3.63) is 65.9 Å². The van der Waals surface area contributed by atoms with Crippen LogP contribution >= 0.6 is 0 Å². The molecule has 3 rings (SSSR count). The van der Waals surface area contributed by atoms with Crippen molar-refractivity contribution in [2.45, 2.75) is 13.0 Å². The van der Waals surface area contributed by atoms with Crippen molar-refractivity contribution in [1.29, 1.82) is 0 Å². The second-order valence-electron chi connectivity index (χ2n) is 4.82. The van der Waals surface area contributed by atoms with E-state index in [1.165, 1.54) is 24.3 Å². The standard InChI is InChI=1S/C16H12F3N3O/c17-12-3-1-2-11(7-12)15-14(23-16(18)19)5-4-13(22-15)6-10-8-20-21-9-10/h1-5,7-9,16H,6H2,(H,20,21). The largest absolute Gasteiger partial charge is 0.432 e. The van der Waals surface area contributed by atoms with E-state index in [0.717, 1.165) is 5.56 Å². The number of aromatic nitrogens is 3. The number of hydrogen-bond donors (Lipinski definition) is 1. The molecule has 1 N–H and O–H groups in total. The Morgan fingerprint density at radius 3 is 2.74 bits per heavy atom. The van der Waals surface area contributed by atoms with Gasteiger partial charge in [-0.1, -0.05) is 12.1 Å². The number of benzene rings is 1. The smallest absolute Gasteiger partial charge is 0.387 e. The minimum atomic E-state index is -2.98. The van der Waals surface area contributed by atoms with Gasteiger partial charge in [-0.3, -0.25) is 5.10 Å². The van der Waals surface area contributed by atoms with Crippen molar-refractivity contribution in [1.82, 2.24) is 15.2 Å². The van der Waals surface area contributed by atoms with Crippen LogP contribution in [0.2, 0.25) is 0 Å². The third kappa shape index (κ3) is 3.68. The highest BCUT2D eigenvalue weighted by atomic mass is 19.3. The molecule has 0 bridgehead atoms. The zero-order chi connectivity index (χ0) is 16.2. The van der Waals surface area contributed by atoms with Gasteiger partial charge in [0.15, 0.2) is 5.75 Å². The molecule has 1 aromatic carbocycles. The van der Waals surface area contributed by atoms with Gasteiger partial charge in [-0.2, -0.15) is 13.9 Å². The Balaban J connectivity index is 2.01. The van der Waals surface area contributed by atoms with Crippen LogP contribution in [-0.2, 0) is 6.42 Å². The Labute approximate surface area is 130 Å². The van der Waals surface area contributed by atoms with Crippen LogP contribution < -0.4 is 4.74 Å². The van der Waals surface area contributed by atoms with E-state index in [-0.39, 0.29) is 11.4 Å². The number of nitrogens with one attached hydrogen (secondary N) is 1. The molecule has 118 valence electrons. The molecule has 2 heterocycles. The summed E-state index contributed by atoms with van der Waals surface area (Å²) >= 11 is 0. The summed E-state index contributed by atoms with van der Waals surface area (Å²) in [6, 6.07) is 8.57. The summed E-state index contributed by atoms with van der Waals surface area (Å²) in [7, 11) is 0. The van der Waals surface area contributed by atoms with E-state index >= 15 is 0 Å². The number of ether oxygens (including phenoxy) is 1. The van der Waals surface area contributed by atoms with Crippen molar-refractivity contribution in [2.75, 3.05) is 0 Å². The van der Waals surface area contributed by atoms with Crippen molar-refractivity contribution < 1.29 is 17.9 Å². The molecular weight excluding hydrogens is 307 g/mol. The highest BCUT2D eigenvalue weighted by Crippen LogP contribution is 2.30. The predicted octanol–water partition coefficient (Wildman–Crippen LogP) is 3.80. The lowest BCUT2D eigenvalue weighted by Gasteiger charge is -2.12. The lowest BCUT2D eigenvalue weighted by atomic mass is 10.1. The molecule has 7 heteroatoms. The van der Waals surface area contributed by atoms with E-state index in [9.17, 15) is 13.2 Å². The maximum Gasteiger partial charge on any atom is 0.387 e. The van der Waals surface area contributed by atoms with Gasteiger partial charge >= 0.3 is 6.61 Å². The van der Waals surface area contributed by atoms with Gasteiger partial charge in [0.25, 0.3) is 0 Å². The first-order chi connectivity index (χ1) is 11.1. The number of aromatic amines is 1. The van der Waals surface area contributed by atoms with Crippen LogP contribution in [0.1, 0.15) is 11.3 Å². The Kier molecular flexibility index (Phi) is 4.27. The van der Waals surface area contributed by atoms with Crippen molar-refractivity contribution >= 4 is 0 Å². The van der Waals surface area contributed by atoms with Crippen LogP contribution in [0.15, 0.2) is 48.8 Å². The van der Waals surface area contributed by atoms with Gasteiger partial charge < -0.3 is 4.74 Å². The zero-order valence-corrected chi connectivity index (χ0v) is 11.8.